The van der Waals surface area contributed by atoms with Crippen LogP contribution in [0.25, 0.3) is 0 Å². The van der Waals surface area contributed by atoms with Crippen LogP contribution in [-0.4, -0.2) is 26.9 Å². The Labute approximate surface area is 191 Å². The summed E-state index contributed by atoms with van der Waals surface area (Å²) in [7, 11) is 1.81. The van der Waals surface area contributed by atoms with Crippen molar-refractivity contribution in [3.8, 4) is 0 Å². The lowest BCUT2D eigenvalue weighted by Gasteiger charge is -2.23. The molecular weight excluding hydrogens is 425 g/mol. The first-order valence-electron chi connectivity index (χ1n) is 10.8. The number of amides is 2. The molecule has 9 heteroatoms. The fraction of sp³-hybridized carbons (Fsp3) is 0.292. The first kappa shape index (κ1) is 22.3. The quantitative estimate of drug-likeness (QED) is 0.536. The van der Waals surface area contributed by atoms with Crippen molar-refractivity contribution < 1.29 is 19.1 Å². The van der Waals surface area contributed by atoms with Crippen LogP contribution in [0.15, 0.2) is 42.6 Å². The fourth-order valence-electron chi connectivity index (χ4n) is 3.47. The molecule has 33 heavy (non-hydrogen) atoms. The molecule has 8 nitrogen and oxygen atoms in total. The second kappa shape index (κ2) is 9.32. The highest BCUT2D eigenvalue weighted by molar-refractivity contribution is 6.08. The van der Waals surface area contributed by atoms with Gasteiger partial charge in [-0.3, -0.25) is 9.48 Å². The molecule has 0 spiro atoms. The van der Waals surface area contributed by atoms with Gasteiger partial charge in [-0.25, -0.2) is 9.18 Å². The minimum Gasteiger partial charge on any atom is -0.465 e. The van der Waals surface area contributed by atoms with Gasteiger partial charge in [-0.15, -0.1) is 0 Å². The number of benzene rings is 2. The molecule has 1 aliphatic heterocycles. The molecule has 1 fully saturated rings. The minimum atomic E-state index is -1.20. The third-order valence-electron chi connectivity index (χ3n) is 5.35. The molecule has 2 aromatic carbocycles. The summed E-state index contributed by atoms with van der Waals surface area (Å²) in [5, 5.41) is 18.5. The van der Waals surface area contributed by atoms with Crippen LogP contribution in [0.4, 0.5) is 26.4 Å². The molecule has 0 bridgehead atoms. The van der Waals surface area contributed by atoms with Crippen LogP contribution >= 0.6 is 0 Å². The molecular formula is C24H26FN5O3. The number of nitrogens with one attached hydrogen (secondary N) is 2. The Morgan fingerprint density at radius 3 is 2.61 bits per heavy atom. The van der Waals surface area contributed by atoms with Gasteiger partial charge in [0.2, 0.25) is 0 Å². The standard InChI is InChI=1S/C21H20FN5O3.C3H6/c1-12-3-6-18-17(7-12)25-19-14(10-24-26(19)2)11-27(18)20(28)15-5-4-13(8-16(15)22)9-23-21(29)30;1-2-3-1/h3-8,10,23,25H,9,11H2,1-2H3,(H,29,30);1-3H2. The molecule has 0 saturated heterocycles. The highest BCUT2D eigenvalue weighted by Crippen LogP contribution is 2.37. The summed E-state index contributed by atoms with van der Waals surface area (Å²) >= 11 is 0. The lowest BCUT2D eigenvalue weighted by Crippen LogP contribution is -2.31. The second-order valence-electron chi connectivity index (χ2n) is 8.21. The number of hydrogen-bond donors (Lipinski definition) is 3. The van der Waals surface area contributed by atoms with E-state index in [1.165, 1.54) is 42.4 Å². The molecule has 2 amide bonds. The summed E-state index contributed by atoms with van der Waals surface area (Å²) in [5.41, 5.74) is 3.52. The van der Waals surface area contributed by atoms with Crippen molar-refractivity contribution in [3.05, 3.63) is 70.7 Å². The van der Waals surface area contributed by atoms with Crippen LogP contribution in [-0.2, 0) is 20.1 Å². The minimum absolute atomic E-state index is 0.0461. The van der Waals surface area contributed by atoms with E-state index in [1.807, 2.05) is 32.2 Å². The molecule has 5 rings (SSSR count). The lowest BCUT2D eigenvalue weighted by molar-refractivity contribution is 0.0981. The van der Waals surface area contributed by atoms with E-state index in [2.05, 4.69) is 15.7 Å². The average molecular weight is 452 g/mol. The zero-order valence-electron chi connectivity index (χ0n) is 18.6. The van der Waals surface area contributed by atoms with Crippen molar-refractivity contribution in [1.29, 1.82) is 0 Å². The summed E-state index contributed by atoms with van der Waals surface area (Å²) in [6.07, 6.45) is 4.98. The van der Waals surface area contributed by atoms with Gasteiger partial charge in [0.25, 0.3) is 5.91 Å². The highest BCUT2D eigenvalue weighted by atomic mass is 19.1. The zero-order valence-corrected chi connectivity index (χ0v) is 18.6. The van der Waals surface area contributed by atoms with Crippen LogP contribution in [0.2, 0.25) is 0 Å². The van der Waals surface area contributed by atoms with Gasteiger partial charge < -0.3 is 20.6 Å². The largest absolute Gasteiger partial charge is 0.465 e. The van der Waals surface area contributed by atoms with E-state index < -0.39 is 17.8 Å². The molecule has 1 saturated carbocycles. The molecule has 3 aromatic rings. The summed E-state index contributed by atoms with van der Waals surface area (Å²) in [4.78, 5) is 25.5. The number of carboxylic acid groups (broad SMARTS) is 1. The Balaban J connectivity index is 0.000000799. The molecule has 3 N–H and O–H groups in total. The Hall–Kier alpha value is -3.88. The van der Waals surface area contributed by atoms with Crippen LogP contribution in [0.1, 0.15) is 46.3 Å². The Bertz CT molecular complexity index is 1200. The molecule has 1 aromatic heterocycles. The number of carbonyl (C=O) groups excluding carboxylic acids is 1. The first-order valence-corrected chi connectivity index (χ1v) is 10.8. The monoisotopic (exact) mass is 451 g/mol. The van der Waals surface area contributed by atoms with E-state index in [9.17, 15) is 14.0 Å². The van der Waals surface area contributed by atoms with Gasteiger partial charge in [0, 0.05) is 19.2 Å². The van der Waals surface area contributed by atoms with Gasteiger partial charge >= 0.3 is 6.09 Å². The Kier molecular flexibility index (Phi) is 6.30. The number of aromatic nitrogens is 2. The van der Waals surface area contributed by atoms with Crippen molar-refractivity contribution in [2.75, 3.05) is 10.2 Å². The van der Waals surface area contributed by atoms with Crippen LogP contribution in [0.5, 0.6) is 0 Å². The second-order valence-corrected chi connectivity index (χ2v) is 8.21. The van der Waals surface area contributed by atoms with E-state index in [4.69, 9.17) is 5.11 Å². The number of halogens is 1. The van der Waals surface area contributed by atoms with E-state index in [0.29, 0.717) is 11.3 Å². The predicted octanol–water partition coefficient (Wildman–Crippen LogP) is 4.71. The van der Waals surface area contributed by atoms with E-state index in [1.54, 1.807) is 10.9 Å². The predicted molar refractivity (Wildman–Crippen MR) is 123 cm³/mol. The normalized spacial score (nSPS) is 13.5. The van der Waals surface area contributed by atoms with Gasteiger partial charge in [0.05, 0.1) is 29.7 Å². The maximum atomic E-state index is 14.8. The average Bonchev–Trinajstić information content (AvgIpc) is 3.63. The summed E-state index contributed by atoms with van der Waals surface area (Å²) in [6, 6.07) is 9.74. The number of fused-ring (bicyclic) bond motifs is 2. The molecule has 2 heterocycles. The third kappa shape index (κ3) is 5.14. The van der Waals surface area contributed by atoms with Crippen LogP contribution < -0.4 is 15.5 Å². The van der Waals surface area contributed by atoms with Gasteiger partial charge in [0.1, 0.15) is 11.6 Å². The lowest BCUT2D eigenvalue weighted by atomic mass is 10.1. The Morgan fingerprint density at radius 1 is 1.18 bits per heavy atom. The summed E-state index contributed by atoms with van der Waals surface area (Å²) in [5.74, 6) is -0.427. The van der Waals surface area contributed by atoms with Crippen LogP contribution in [0.3, 0.4) is 0 Å². The van der Waals surface area contributed by atoms with Crippen molar-refractivity contribution in [3.63, 3.8) is 0 Å². The number of hydrogen-bond acceptors (Lipinski definition) is 4. The van der Waals surface area contributed by atoms with Gasteiger partial charge in [-0.2, -0.15) is 5.10 Å². The van der Waals surface area contributed by atoms with Crippen LogP contribution in [0, 0.1) is 12.7 Å². The number of aryl methyl sites for hydroxylation is 2. The molecule has 0 unspecified atom stereocenters. The molecule has 1 aliphatic carbocycles. The number of carbonyl (C=O) groups is 2. The Morgan fingerprint density at radius 2 is 1.94 bits per heavy atom. The van der Waals surface area contributed by atoms with Crippen molar-refractivity contribution >= 4 is 29.2 Å². The van der Waals surface area contributed by atoms with Crippen molar-refractivity contribution in [2.24, 2.45) is 7.05 Å². The molecule has 0 atom stereocenters. The van der Waals surface area contributed by atoms with Gasteiger partial charge in [0.15, 0.2) is 0 Å². The third-order valence-corrected chi connectivity index (χ3v) is 5.35. The van der Waals surface area contributed by atoms with Crippen molar-refractivity contribution in [2.45, 2.75) is 39.3 Å². The fourth-order valence-corrected chi connectivity index (χ4v) is 3.47. The summed E-state index contributed by atoms with van der Waals surface area (Å²) < 4.78 is 16.5. The molecule has 172 valence electrons. The smallest absolute Gasteiger partial charge is 0.404 e. The number of nitrogens with zero attached hydrogens (tertiary/aromatic N) is 3. The van der Waals surface area contributed by atoms with Gasteiger partial charge in [-0.05, 0) is 42.3 Å². The molecule has 0 radical (unpaired) electrons. The maximum Gasteiger partial charge on any atom is 0.404 e. The van der Waals surface area contributed by atoms with Crippen molar-refractivity contribution in [1.82, 2.24) is 15.1 Å². The molecule has 2 aliphatic rings. The topological polar surface area (TPSA) is 99.5 Å². The van der Waals surface area contributed by atoms with E-state index in [0.717, 1.165) is 22.6 Å². The maximum absolute atomic E-state index is 14.8. The first-order chi connectivity index (χ1) is 15.8. The van der Waals surface area contributed by atoms with E-state index >= 15 is 0 Å². The number of anilines is 3. The van der Waals surface area contributed by atoms with Gasteiger partial charge in [-0.1, -0.05) is 31.4 Å². The SMILES string of the molecule is C1CC1.Cc1ccc2c(c1)Nc1c(cnn1C)CN2C(=O)c1ccc(CNC(=O)O)cc1F. The summed E-state index contributed by atoms with van der Waals surface area (Å²) in [6.45, 7) is 2.13. The highest BCUT2D eigenvalue weighted by Gasteiger charge is 2.28. The van der Waals surface area contributed by atoms with E-state index in [-0.39, 0.29) is 18.7 Å². The number of rotatable bonds is 3. The zero-order chi connectivity index (χ0) is 23.5.